The van der Waals surface area contributed by atoms with E-state index in [2.05, 4.69) is 14.8 Å². The van der Waals surface area contributed by atoms with Gasteiger partial charge < -0.3 is 14.9 Å². The lowest BCUT2D eigenvalue weighted by molar-refractivity contribution is -0.376. The predicted octanol–water partition coefficient (Wildman–Crippen LogP) is 4.98. The van der Waals surface area contributed by atoms with Crippen LogP contribution in [0.3, 0.4) is 0 Å². The summed E-state index contributed by atoms with van der Waals surface area (Å²) in [6.07, 6.45) is -8.34. The number of hydrogen-bond acceptors (Lipinski definition) is 7. The first-order valence-electron chi connectivity index (χ1n) is 13.9. The number of rotatable bonds is 10. The maximum atomic E-state index is 13.3. The molecule has 2 heterocycles. The summed E-state index contributed by atoms with van der Waals surface area (Å²) < 4.78 is 84.6. The first kappa shape index (κ1) is 33.4. The van der Waals surface area contributed by atoms with Crippen LogP contribution in [0, 0.1) is 6.92 Å². The minimum atomic E-state index is -5.95. The van der Waals surface area contributed by atoms with Crippen LogP contribution in [-0.4, -0.2) is 82.2 Å². The van der Waals surface area contributed by atoms with Gasteiger partial charge >= 0.3 is 18.3 Å². The van der Waals surface area contributed by atoms with E-state index in [0.717, 1.165) is 35.4 Å². The second-order valence-electron chi connectivity index (χ2n) is 10.8. The van der Waals surface area contributed by atoms with E-state index in [1.54, 1.807) is 25.4 Å². The zero-order chi connectivity index (χ0) is 32.1. The van der Waals surface area contributed by atoms with Crippen LogP contribution >= 0.6 is 0 Å². The first-order valence-corrected chi connectivity index (χ1v) is 13.9. The Hall–Kier alpha value is -3.52. The van der Waals surface area contributed by atoms with Gasteiger partial charge in [-0.25, -0.2) is 0 Å². The van der Waals surface area contributed by atoms with Gasteiger partial charge in [-0.1, -0.05) is 42.5 Å². The molecule has 0 radical (unpaired) electrons. The number of pyridine rings is 1. The quantitative estimate of drug-likeness (QED) is 0.243. The summed E-state index contributed by atoms with van der Waals surface area (Å²) in [6.45, 7) is 4.62. The highest BCUT2D eigenvalue weighted by molar-refractivity contribution is 5.70. The fraction of sp³-hybridized carbons (Fsp3) is 0.419. The fourth-order valence-corrected chi connectivity index (χ4v) is 5.42. The molecule has 0 amide bonds. The van der Waals surface area contributed by atoms with Gasteiger partial charge in [0.25, 0.3) is 5.60 Å². The van der Waals surface area contributed by atoms with Crippen LogP contribution in [-0.2, 0) is 28.2 Å². The molecule has 1 aliphatic rings. The minimum absolute atomic E-state index is 0.0699. The standard InChI is InChI=1S/C31H33F6N3O4/c1-21-16-23(2-7-27(21)24-3-5-25(6-4-24)29(43,30(32,33)34)31(35,36)37)18-39-12-13-40(19-22-8-10-38-11-9-22)26(20-39)17-28(42)44-15-14-41/h2-11,16,26,41,43H,12-15,17-20H2,1H3/t26-/m0/s1. The lowest BCUT2D eigenvalue weighted by atomic mass is 9.90. The zero-order valence-electron chi connectivity index (χ0n) is 23.9. The molecule has 1 fully saturated rings. The molecule has 44 heavy (non-hydrogen) atoms. The summed E-state index contributed by atoms with van der Waals surface area (Å²) in [5, 5.41) is 18.7. The average Bonchev–Trinajstić information content (AvgIpc) is 2.96. The number of halogens is 6. The van der Waals surface area contributed by atoms with E-state index in [-0.39, 0.29) is 25.7 Å². The van der Waals surface area contributed by atoms with Crippen LogP contribution in [0.15, 0.2) is 67.0 Å². The number of piperazine rings is 1. The lowest BCUT2D eigenvalue weighted by Crippen LogP contribution is -2.53. The van der Waals surface area contributed by atoms with Crippen molar-refractivity contribution in [2.75, 3.05) is 32.8 Å². The Kier molecular flexibility index (Phi) is 10.3. The van der Waals surface area contributed by atoms with Crippen molar-refractivity contribution in [3.63, 3.8) is 0 Å². The number of aliphatic hydroxyl groups is 2. The SMILES string of the molecule is Cc1cc(CN2CCN(Cc3ccncc3)[C@@H](CC(=O)OCCO)C2)ccc1-c1ccc(C(O)(C(F)(F)F)C(F)(F)F)cc1. The first-order chi connectivity index (χ1) is 20.7. The van der Waals surface area contributed by atoms with Crippen LogP contribution < -0.4 is 0 Å². The number of alkyl halides is 6. The molecule has 238 valence electrons. The third-order valence-electron chi connectivity index (χ3n) is 7.71. The minimum Gasteiger partial charge on any atom is -0.463 e. The van der Waals surface area contributed by atoms with E-state index in [0.29, 0.717) is 49.4 Å². The summed E-state index contributed by atoms with van der Waals surface area (Å²) in [4.78, 5) is 20.9. The molecule has 0 spiro atoms. The van der Waals surface area contributed by atoms with Gasteiger partial charge in [-0.2, -0.15) is 26.3 Å². The van der Waals surface area contributed by atoms with Crippen LogP contribution in [0.25, 0.3) is 11.1 Å². The Labute approximate surface area is 250 Å². The molecule has 0 aliphatic carbocycles. The maximum absolute atomic E-state index is 13.3. The number of benzene rings is 2. The molecule has 1 atom stereocenters. The van der Waals surface area contributed by atoms with Crippen molar-refractivity contribution in [1.82, 2.24) is 14.8 Å². The predicted molar refractivity (Wildman–Crippen MR) is 149 cm³/mol. The van der Waals surface area contributed by atoms with E-state index in [1.807, 2.05) is 24.3 Å². The van der Waals surface area contributed by atoms with Gasteiger partial charge in [-0.05, 0) is 46.9 Å². The highest BCUT2D eigenvalue weighted by Crippen LogP contribution is 2.50. The molecule has 1 aliphatic heterocycles. The second-order valence-corrected chi connectivity index (χ2v) is 10.8. The summed E-state index contributed by atoms with van der Waals surface area (Å²) in [6, 6.07) is 12.7. The molecular weight excluding hydrogens is 592 g/mol. The lowest BCUT2D eigenvalue weighted by Gasteiger charge is -2.41. The van der Waals surface area contributed by atoms with Crippen molar-refractivity contribution in [3.8, 4) is 11.1 Å². The molecular formula is C31H33F6N3O4. The average molecular weight is 626 g/mol. The Morgan fingerprint density at radius 2 is 1.59 bits per heavy atom. The summed E-state index contributed by atoms with van der Waals surface area (Å²) in [7, 11) is 0. The largest absolute Gasteiger partial charge is 0.463 e. The van der Waals surface area contributed by atoms with Crippen molar-refractivity contribution >= 4 is 5.97 Å². The highest BCUT2D eigenvalue weighted by Gasteiger charge is 2.71. The van der Waals surface area contributed by atoms with Crippen LogP contribution in [0.1, 0.15) is 28.7 Å². The number of carbonyl (C=O) groups is 1. The van der Waals surface area contributed by atoms with Crippen molar-refractivity contribution in [2.45, 2.75) is 50.4 Å². The third-order valence-corrected chi connectivity index (χ3v) is 7.71. The van der Waals surface area contributed by atoms with Crippen molar-refractivity contribution in [2.24, 2.45) is 0 Å². The molecule has 2 N–H and O–H groups in total. The normalized spacial score (nSPS) is 17.1. The van der Waals surface area contributed by atoms with E-state index in [1.165, 1.54) is 0 Å². The number of carbonyl (C=O) groups excluding carboxylic acids is 1. The molecule has 1 aromatic heterocycles. The summed E-state index contributed by atoms with van der Waals surface area (Å²) >= 11 is 0. The van der Waals surface area contributed by atoms with E-state index >= 15 is 0 Å². The van der Waals surface area contributed by atoms with E-state index < -0.39 is 29.5 Å². The monoisotopic (exact) mass is 625 g/mol. The molecule has 13 heteroatoms. The smallest absolute Gasteiger partial charge is 0.430 e. The number of aromatic nitrogens is 1. The van der Waals surface area contributed by atoms with Crippen molar-refractivity contribution in [3.05, 3.63) is 89.2 Å². The Bertz CT molecular complexity index is 1390. The highest BCUT2D eigenvalue weighted by atomic mass is 19.4. The van der Waals surface area contributed by atoms with Crippen molar-refractivity contribution in [1.29, 1.82) is 0 Å². The van der Waals surface area contributed by atoms with Gasteiger partial charge in [0, 0.05) is 56.7 Å². The molecule has 4 rings (SSSR count). The van der Waals surface area contributed by atoms with Gasteiger partial charge in [-0.15, -0.1) is 0 Å². The molecule has 0 unspecified atom stereocenters. The number of esters is 1. The van der Waals surface area contributed by atoms with Gasteiger partial charge in [0.05, 0.1) is 13.0 Å². The number of aryl methyl sites for hydroxylation is 1. The van der Waals surface area contributed by atoms with Gasteiger partial charge in [0.2, 0.25) is 0 Å². The molecule has 3 aromatic rings. The summed E-state index contributed by atoms with van der Waals surface area (Å²) in [5.74, 6) is -0.402. The zero-order valence-corrected chi connectivity index (χ0v) is 23.9. The number of ether oxygens (including phenoxy) is 1. The molecule has 2 aromatic carbocycles. The van der Waals surface area contributed by atoms with Crippen LogP contribution in [0.5, 0.6) is 0 Å². The summed E-state index contributed by atoms with van der Waals surface area (Å²) in [5.41, 5.74) is -2.51. The number of aliphatic hydroxyl groups excluding tert-OH is 1. The second kappa shape index (κ2) is 13.6. The fourth-order valence-electron chi connectivity index (χ4n) is 5.42. The van der Waals surface area contributed by atoms with Gasteiger partial charge in [0.15, 0.2) is 0 Å². The van der Waals surface area contributed by atoms with Crippen LogP contribution in [0.2, 0.25) is 0 Å². The molecule has 1 saturated heterocycles. The molecule has 0 bridgehead atoms. The van der Waals surface area contributed by atoms with E-state index in [9.17, 15) is 36.2 Å². The Morgan fingerprint density at radius 3 is 2.18 bits per heavy atom. The number of nitrogens with zero attached hydrogens (tertiary/aromatic N) is 3. The number of hydrogen-bond donors (Lipinski definition) is 2. The van der Waals surface area contributed by atoms with Crippen LogP contribution in [0.4, 0.5) is 26.3 Å². The van der Waals surface area contributed by atoms with Gasteiger partial charge in [0.1, 0.15) is 6.61 Å². The Balaban J connectivity index is 1.47. The Morgan fingerprint density at radius 1 is 0.932 bits per heavy atom. The maximum Gasteiger partial charge on any atom is 0.430 e. The molecule has 0 saturated carbocycles. The van der Waals surface area contributed by atoms with E-state index in [4.69, 9.17) is 9.84 Å². The van der Waals surface area contributed by atoms with Crippen molar-refractivity contribution < 1.29 is 46.1 Å². The van der Waals surface area contributed by atoms with Gasteiger partial charge in [-0.3, -0.25) is 19.6 Å². The topological polar surface area (TPSA) is 86.1 Å². The third kappa shape index (κ3) is 7.57. The molecule has 7 nitrogen and oxygen atoms in total.